The zero-order chi connectivity index (χ0) is 18.8. The van der Waals surface area contributed by atoms with Gasteiger partial charge in [-0.05, 0) is 71.3 Å². The summed E-state index contributed by atoms with van der Waals surface area (Å²) in [4.78, 5) is 17.6. The van der Waals surface area contributed by atoms with E-state index < -0.39 is 0 Å². The van der Waals surface area contributed by atoms with Crippen LogP contribution in [0.1, 0.15) is 51.3 Å². The number of rotatable bonds is 4. The van der Waals surface area contributed by atoms with Gasteiger partial charge in [0.25, 0.3) is 0 Å². The molecule has 0 saturated carbocycles. The number of benzene rings is 1. The SMILES string of the molecule is CC(C)N1CCC(N2CCC[C@H](c3n[nH]c(=O)n3-c3ccccc3)C2)CC1. The molecule has 0 unspecified atom stereocenters. The van der Waals surface area contributed by atoms with Crippen molar-refractivity contribution in [3.63, 3.8) is 0 Å². The maximum Gasteiger partial charge on any atom is 0.347 e. The maximum atomic E-state index is 12.4. The van der Waals surface area contributed by atoms with Gasteiger partial charge in [0.15, 0.2) is 0 Å². The quantitative estimate of drug-likeness (QED) is 0.900. The fraction of sp³-hybridized carbons (Fsp3) is 0.619. The number of aromatic amines is 1. The monoisotopic (exact) mass is 369 g/mol. The molecular weight excluding hydrogens is 338 g/mol. The summed E-state index contributed by atoms with van der Waals surface area (Å²) >= 11 is 0. The van der Waals surface area contributed by atoms with E-state index in [2.05, 4.69) is 33.8 Å². The molecule has 0 radical (unpaired) electrons. The second-order valence-electron chi connectivity index (χ2n) is 8.25. The van der Waals surface area contributed by atoms with Gasteiger partial charge in [-0.2, -0.15) is 5.10 Å². The molecule has 27 heavy (non-hydrogen) atoms. The van der Waals surface area contributed by atoms with Gasteiger partial charge in [-0.25, -0.2) is 14.5 Å². The van der Waals surface area contributed by atoms with Gasteiger partial charge < -0.3 is 4.90 Å². The van der Waals surface area contributed by atoms with E-state index in [1.165, 1.54) is 38.9 Å². The highest BCUT2D eigenvalue weighted by atomic mass is 16.1. The molecule has 4 rings (SSSR count). The highest BCUT2D eigenvalue weighted by Crippen LogP contribution is 2.30. The van der Waals surface area contributed by atoms with Crippen LogP contribution in [0.2, 0.25) is 0 Å². The lowest BCUT2D eigenvalue weighted by Gasteiger charge is -2.43. The van der Waals surface area contributed by atoms with Crippen LogP contribution in [0.4, 0.5) is 0 Å². The number of likely N-dealkylation sites (tertiary alicyclic amines) is 2. The van der Waals surface area contributed by atoms with Crippen molar-refractivity contribution in [2.24, 2.45) is 0 Å². The lowest BCUT2D eigenvalue weighted by atomic mass is 9.93. The number of H-pyrrole nitrogens is 1. The zero-order valence-electron chi connectivity index (χ0n) is 16.5. The third kappa shape index (κ3) is 3.87. The molecule has 2 aromatic rings. The number of piperidine rings is 2. The van der Waals surface area contributed by atoms with E-state index in [-0.39, 0.29) is 5.69 Å². The summed E-state index contributed by atoms with van der Waals surface area (Å²) in [6.07, 6.45) is 4.76. The molecule has 3 heterocycles. The Balaban J connectivity index is 1.49. The summed E-state index contributed by atoms with van der Waals surface area (Å²) < 4.78 is 1.76. The van der Waals surface area contributed by atoms with E-state index in [0.29, 0.717) is 18.0 Å². The Morgan fingerprint density at radius 3 is 2.52 bits per heavy atom. The first kappa shape index (κ1) is 18.4. The number of hydrogen-bond acceptors (Lipinski definition) is 4. The largest absolute Gasteiger partial charge is 0.347 e. The van der Waals surface area contributed by atoms with Gasteiger partial charge in [0.05, 0.1) is 5.69 Å². The average Bonchev–Trinajstić information content (AvgIpc) is 3.10. The van der Waals surface area contributed by atoms with Gasteiger partial charge in [-0.1, -0.05) is 18.2 Å². The van der Waals surface area contributed by atoms with Crippen molar-refractivity contribution in [2.75, 3.05) is 26.2 Å². The molecule has 0 bridgehead atoms. The second kappa shape index (κ2) is 7.98. The number of nitrogens with one attached hydrogen (secondary N) is 1. The van der Waals surface area contributed by atoms with Crippen LogP contribution < -0.4 is 5.69 Å². The van der Waals surface area contributed by atoms with Crippen LogP contribution in [0.25, 0.3) is 5.69 Å². The molecule has 1 aromatic carbocycles. The fourth-order valence-electron chi connectivity index (χ4n) is 4.73. The molecule has 1 N–H and O–H groups in total. The Kier molecular flexibility index (Phi) is 5.45. The van der Waals surface area contributed by atoms with Crippen LogP contribution >= 0.6 is 0 Å². The molecule has 146 valence electrons. The van der Waals surface area contributed by atoms with Crippen molar-refractivity contribution in [1.82, 2.24) is 24.6 Å². The van der Waals surface area contributed by atoms with E-state index in [1.807, 2.05) is 30.3 Å². The van der Waals surface area contributed by atoms with Crippen molar-refractivity contribution in [2.45, 2.75) is 57.5 Å². The average molecular weight is 370 g/mol. The molecule has 2 aliphatic rings. The van der Waals surface area contributed by atoms with Gasteiger partial charge in [-0.15, -0.1) is 0 Å². The molecule has 6 nitrogen and oxygen atoms in total. The van der Waals surface area contributed by atoms with Crippen molar-refractivity contribution in [3.8, 4) is 5.69 Å². The Labute approximate surface area is 161 Å². The summed E-state index contributed by atoms with van der Waals surface area (Å²) in [5.74, 6) is 1.19. The minimum atomic E-state index is -0.140. The summed E-state index contributed by atoms with van der Waals surface area (Å²) in [5.41, 5.74) is 0.757. The number of para-hydroxylation sites is 1. The highest BCUT2D eigenvalue weighted by Gasteiger charge is 2.32. The van der Waals surface area contributed by atoms with E-state index in [1.54, 1.807) is 4.57 Å². The third-order valence-electron chi connectivity index (χ3n) is 6.28. The molecule has 6 heteroatoms. The molecule has 1 atom stereocenters. The van der Waals surface area contributed by atoms with E-state index in [9.17, 15) is 4.79 Å². The third-order valence-corrected chi connectivity index (χ3v) is 6.28. The van der Waals surface area contributed by atoms with Gasteiger partial charge in [-0.3, -0.25) is 4.90 Å². The first-order chi connectivity index (χ1) is 13.1. The first-order valence-corrected chi connectivity index (χ1v) is 10.3. The highest BCUT2D eigenvalue weighted by molar-refractivity contribution is 5.32. The van der Waals surface area contributed by atoms with Crippen molar-refractivity contribution in [1.29, 1.82) is 0 Å². The van der Waals surface area contributed by atoms with Crippen LogP contribution in [0.15, 0.2) is 35.1 Å². The Bertz CT molecular complexity index is 788. The summed E-state index contributed by atoms with van der Waals surface area (Å²) in [7, 11) is 0. The summed E-state index contributed by atoms with van der Waals surface area (Å²) in [5, 5.41) is 7.10. The first-order valence-electron chi connectivity index (χ1n) is 10.3. The molecule has 0 amide bonds. The lowest BCUT2D eigenvalue weighted by molar-refractivity contribution is 0.0721. The van der Waals surface area contributed by atoms with E-state index >= 15 is 0 Å². The maximum absolute atomic E-state index is 12.4. The number of hydrogen-bond donors (Lipinski definition) is 1. The Hall–Kier alpha value is -1.92. The predicted molar refractivity (Wildman–Crippen MR) is 107 cm³/mol. The van der Waals surface area contributed by atoms with Crippen LogP contribution in [-0.4, -0.2) is 62.8 Å². The van der Waals surface area contributed by atoms with Gasteiger partial charge >= 0.3 is 5.69 Å². The molecule has 2 fully saturated rings. The van der Waals surface area contributed by atoms with E-state index in [0.717, 1.165) is 24.5 Å². The van der Waals surface area contributed by atoms with E-state index in [4.69, 9.17) is 0 Å². The van der Waals surface area contributed by atoms with Gasteiger partial charge in [0.2, 0.25) is 0 Å². The molecule has 2 saturated heterocycles. The molecule has 0 spiro atoms. The normalized spacial score (nSPS) is 23.1. The molecule has 2 aliphatic heterocycles. The van der Waals surface area contributed by atoms with Crippen molar-refractivity contribution in [3.05, 3.63) is 46.6 Å². The smallest absolute Gasteiger partial charge is 0.301 e. The van der Waals surface area contributed by atoms with Crippen molar-refractivity contribution < 1.29 is 0 Å². The zero-order valence-corrected chi connectivity index (χ0v) is 16.5. The lowest BCUT2D eigenvalue weighted by Crippen LogP contribution is -2.49. The predicted octanol–water partition coefficient (Wildman–Crippen LogP) is 2.61. The number of aromatic nitrogens is 3. The number of nitrogens with zero attached hydrogens (tertiary/aromatic N) is 4. The van der Waals surface area contributed by atoms with Crippen LogP contribution in [0.3, 0.4) is 0 Å². The molecule has 1 aromatic heterocycles. The standard InChI is InChI=1S/C21H31N5O/c1-16(2)24-13-10-18(11-14-24)25-12-6-7-17(15-25)20-22-23-21(27)26(20)19-8-4-3-5-9-19/h3-5,8-9,16-18H,6-7,10-15H2,1-2H3,(H,23,27)/t17-/m0/s1. The Morgan fingerprint density at radius 2 is 1.81 bits per heavy atom. The molecular formula is C21H31N5O. The minimum absolute atomic E-state index is 0.140. The minimum Gasteiger partial charge on any atom is -0.301 e. The summed E-state index contributed by atoms with van der Waals surface area (Å²) in [6.45, 7) is 9.14. The van der Waals surface area contributed by atoms with Gasteiger partial charge in [0, 0.05) is 24.5 Å². The second-order valence-corrected chi connectivity index (χ2v) is 8.25. The Morgan fingerprint density at radius 1 is 1.07 bits per heavy atom. The van der Waals surface area contributed by atoms with Crippen LogP contribution in [0.5, 0.6) is 0 Å². The topological polar surface area (TPSA) is 57.2 Å². The van der Waals surface area contributed by atoms with Crippen LogP contribution in [-0.2, 0) is 0 Å². The van der Waals surface area contributed by atoms with Gasteiger partial charge in [0.1, 0.15) is 5.82 Å². The van der Waals surface area contributed by atoms with Crippen LogP contribution in [0, 0.1) is 0 Å². The van der Waals surface area contributed by atoms with Crippen molar-refractivity contribution >= 4 is 0 Å². The summed E-state index contributed by atoms with van der Waals surface area (Å²) in [6, 6.07) is 11.2. The fourth-order valence-corrected chi connectivity index (χ4v) is 4.73. The molecule has 0 aliphatic carbocycles.